The van der Waals surface area contributed by atoms with Gasteiger partial charge in [-0.3, -0.25) is 4.68 Å². The zero-order valence-corrected chi connectivity index (χ0v) is 11.5. The van der Waals surface area contributed by atoms with Gasteiger partial charge in [0.2, 0.25) is 0 Å². The normalized spacial score (nSPS) is 11.3. The highest BCUT2D eigenvalue weighted by atomic mass is 19.2. The van der Waals surface area contributed by atoms with E-state index in [-0.39, 0.29) is 17.2 Å². The molecule has 2 rings (SSSR count). The number of halogens is 3. The smallest absolute Gasteiger partial charge is 0.195 e. The van der Waals surface area contributed by atoms with E-state index in [1.54, 1.807) is 7.05 Å². The highest BCUT2D eigenvalue weighted by Gasteiger charge is 2.22. The van der Waals surface area contributed by atoms with Crippen LogP contribution in [0.5, 0.6) is 0 Å². The molecule has 0 aliphatic heterocycles. The molecule has 1 aromatic carbocycles. The van der Waals surface area contributed by atoms with Gasteiger partial charge in [0.05, 0.1) is 0 Å². The maximum absolute atomic E-state index is 13.9. The molecule has 0 bridgehead atoms. The van der Waals surface area contributed by atoms with Crippen LogP contribution < -0.4 is 5.73 Å². The fraction of sp³-hybridized carbons (Fsp3) is 0.357. The van der Waals surface area contributed by atoms with Crippen molar-refractivity contribution in [3.05, 3.63) is 35.1 Å². The van der Waals surface area contributed by atoms with Gasteiger partial charge < -0.3 is 5.73 Å². The van der Waals surface area contributed by atoms with Gasteiger partial charge in [-0.1, -0.05) is 13.8 Å². The van der Waals surface area contributed by atoms with Gasteiger partial charge in [-0.2, -0.15) is 5.10 Å². The van der Waals surface area contributed by atoms with E-state index in [1.165, 1.54) is 10.7 Å². The second-order valence-corrected chi connectivity index (χ2v) is 5.16. The van der Waals surface area contributed by atoms with Gasteiger partial charge in [-0.15, -0.1) is 0 Å². The van der Waals surface area contributed by atoms with E-state index < -0.39 is 17.5 Å². The lowest BCUT2D eigenvalue weighted by Gasteiger charge is -2.08. The monoisotopic (exact) mass is 283 g/mol. The molecule has 3 nitrogen and oxygen atoms in total. The first kappa shape index (κ1) is 14.4. The molecular formula is C14H16F3N3. The largest absolute Gasteiger partial charge is 0.384 e. The summed E-state index contributed by atoms with van der Waals surface area (Å²) >= 11 is 0. The number of nitrogen functional groups attached to an aromatic ring is 1. The number of nitrogens with two attached hydrogens (primary N) is 1. The van der Waals surface area contributed by atoms with Gasteiger partial charge in [0, 0.05) is 18.2 Å². The summed E-state index contributed by atoms with van der Waals surface area (Å²) in [7, 11) is 1.63. The molecule has 0 saturated heterocycles. The predicted molar refractivity (Wildman–Crippen MR) is 71.5 cm³/mol. The first-order valence-corrected chi connectivity index (χ1v) is 6.28. The summed E-state index contributed by atoms with van der Waals surface area (Å²) in [6, 6.07) is 2.07. The Morgan fingerprint density at radius 2 is 1.85 bits per heavy atom. The summed E-state index contributed by atoms with van der Waals surface area (Å²) in [5.41, 5.74) is 6.75. The zero-order valence-electron chi connectivity index (χ0n) is 11.5. The van der Waals surface area contributed by atoms with Crippen LogP contribution in [-0.2, 0) is 13.5 Å². The van der Waals surface area contributed by atoms with Crippen molar-refractivity contribution in [2.24, 2.45) is 13.0 Å². The fourth-order valence-electron chi connectivity index (χ4n) is 2.12. The molecule has 20 heavy (non-hydrogen) atoms. The van der Waals surface area contributed by atoms with Gasteiger partial charge in [0.15, 0.2) is 17.5 Å². The minimum Gasteiger partial charge on any atom is -0.384 e. The van der Waals surface area contributed by atoms with Crippen molar-refractivity contribution >= 4 is 5.82 Å². The van der Waals surface area contributed by atoms with Gasteiger partial charge in [0.1, 0.15) is 11.5 Å². The lowest BCUT2D eigenvalue weighted by molar-refractivity contribution is 0.448. The van der Waals surface area contributed by atoms with E-state index in [0.717, 1.165) is 6.07 Å². The SMILES string of the molecule is CC(C)Cc1c(-c2ccc(F)c(F)c2F)nn(C)c1N. The molecule has 0 atom stereocenters. The molecule has 1 aromatic heterocycles. The number of hydrogen-bond acceptors (Lipinski definition) is 2. The zero-order chi connectivity index (χ0) is 15.0. The Morgan fingerprint density at radius 3 is 2.45 bits per heavy atom. The van der Waals surface area contributed by atoms with Crippen LogP contribution in [0.2, 0.25) is 0 Å². The van der Waals surface area contributed by atoms with Crippen LogP contribution in [-0.4, -0.2) is 9.78 Å². The molecule has 108 valence electrons. The number of rotatable bonds is 3. The summed E-state index contributed by atoms with van der Waals surface area (Å²) in [5.74, 6) is -3.29. The van der Waals surface area contributed by atoms with Crippen LogP contribution in [0, 0.1) is 23.4 Å². The number of anilines is 1. The number of benzene rings is 1. The Bertz CT molecular complexity index is 648. The molecule has 0 fully saturated rings. The van der Waals surface area contributed by atoms with Crippen molar-refractivity contribution in [2.75, 3.05) is 5.73 Å². The topological polar surface area (TPSA) is 43.8 Å². The lowest BCUT2D eigenvalue weighted by atomic mass is 9.98. The molecule has 0 saturated carbocycles. The average molecular weight is 283 g/mol. The van der Waals surface area contributed by atoms with Gasteiger partial charge in [-0.25, -0.2) is 13.2 Å². The molecule has 6 heteroatoms. The Hall–Kier alpha value is -1.98. The molecule has 0 aliphatic rings. The van der Waals surface area contributed by atoms with E-state index in [1.807, 2.05) is 13.8 Å². The van der Waals surface area contributed by atoms with Crippen LogP contribution >= 0.6 is 0 Å². The Balaban J connectivity index is 2.64. The van der Waals surface area contributed by atoms with Crippen molar-refractivity contribution in [3.63, 3.8) is 0 Å². The molecule has 0 unspecified atom stereocenters. The van der Waals surface area contributed by atoms with E-state index in [9.17, 15) is 13.2 Å². The second-order valence-electron chi connectivity index (χ2n) is 5.16. The van der Waals surface area contributed by atoms with E-state index in [4.69, 9.17) is 5.73 Å². The average Bonchev–Trinajstić information content (AvgIpc) is 2.64. The second kappa shape index (κ2) is 5.19. The molecule has 2 aromatic rings. The van der Waals surface area contributed by atoms with Crippen LogP contribution in [0.1, 0.15) is 19.4 Å². The maximum atomic E-state index is 13.9. The minimum atomic E-state index is -1.50. The third kappa shape index (κ3) is 2.37. The van der Waals surface area contributed by atoms with Gasteiger partial charge in [-0.05, 0) is 24.5 Å². The predicted octanol–water partition coefficient (Wildman–Crippen LogP) is 3.29. The third-order valence-corrected chi connectivity index (χ3v) is 3.10. The summed E-state index contributed by atoms with van der Waals surface area (Å²) in [6.07, 6.45) is 0.577. The lowest BCUT2D eigenvalue weighted by Crippen LogP contribution is -2.02. The van der Waals surface area contributed by atoms with Crippen molar-refractivity contribution in [2.45, 2.75) is 20.3 Å². The maximum Gasteiger partial charge on any atom is 0.195 e. The Morgan fingerprint density at radius 1 is 1.20 bits per heavy atom. The van der Waals surface area contributed by atoms with Crippen molar-refractivity contribution in [1.29, 1.82) is 0 Å². The summed E-state index contributed by atoms with van der Waals surface area (Å²) < 4.78 is 41.7. The number of hydrogen-bond donors (Lipinski definition) is 1. The quantitative estimate of drug-likeness (QED) is 0.878. The van der Waals surface area contributed by atoms with Crippen LogP contribution in [0.3, 0.4) is 0 Å². The number of aryl methyl sites for hydroxylation is 1. The Labute approximate surface area is 115 Å². The van der Waals surface area contributed by atoms with Gasteiger partial charge in [0.25, 0.3) is 0 Å². The highest BCUT2D eigenvalue weighted by molar-refractivity contribution is 5.69. The first-order chi connectivity index (χ1) is 9.32. The first-order valence-electron chi connectivity index (χ1n) is 6.28. The van der Waals surface area contributed by atoms with E-state index >= 15 is 0 Å². The van der Waals surface area contributed by atoms with Crippen LogP contribution in [0.25, 0.3) is 11.3 Å². The van der Waals surface area contributed by atoms with Gasteiger partial charge >= 0.3 is 0 Å². The summed E-state index contributed by atoms with van der Waals surface area (Å²) in [5, 5.41) is 4.13. The van der Waals surface area contributed by atoms with E-state index in [2.05, 4.69) is 5.10 Å². The highest BCUT2D eigenvalue weighted by Crippen LogP contribution is 2.32. The number of aromatic nitrogens is 2. The standard InChI is InChI=1S/C14H16F3N3/c1-7(2)6-9-13(19-20(3)14(9)18)8-4-5-10(15)12(17)11(8)16/h4-5,7H,6,18H2,1-3H3. The van der Waals surface area contributed by atoms with E-state index in [0.29, 0.717) is 17.8 Å². The summed E-state index contributed by atoms with van der Waals surface area (Å²) in [6.45, 7) is 3.97. The summed E-state index contributed by atoms with van der Waals surface area (Å²) in [4.78, 5) is 0. The van der Waals surface area contributed by atoms with Crippen molar-refractivity contribution in [3.8, 4) is 11.3 Å². The fourth-order valence-corrected chi connectivity index (χ4v) is 2.12. The molecule has 0 radical (unpaired) electrons. The third-order valence-electron chi connectivity index (χ3n) is 3.10. The molecule has 0 spiro atoms. The molecule has 0 aliphatic carbocycles. The van der Waals surface area contributed by atoms with Crippen molar-refractivity contribution in [1.82, 2.24) is 9.78 Å². The molecule has 0 amide bonds. The van der Waals surface area contributed by atoms with Crippen LogP contribution in [0.4, 0.5) is 19.0 Å². The molecule has 1 heterocycles. The minimum absolute atomic E-state index is 0.0770. The Kier molecular flexibility index (Phi) is 3.74. The number of nitrogens with zero attached hydrogens (tertiary/aromatic N) is 2. The molecule has 2 N–H and O–H groups in total. The molecular weight excluding hydrogens is 267 g/mol. The van der Waals surface area contributed by atoms with Crippen molar-refractivity contribution < 1.29 is 13.2 Å². The van der Waals surface area contributed by atoms with Crippen LogP contribution in [0.15, 0.2) is 12.1 Å².